The number of nitrogens with zero attached hydrogens (tertiary/aromatic N) is 1. The number of allylic oxidation sites excluding steroid dienone is 6. The van der Waals surface area contributed by atoms with Crippen LogP contribution in [0.5, 0.6) is 0 Å². The highest BCUT2D eigenvalue weighted by Gasteiger charge is 1.95. The van der Waals surface area contributed by atoms with E-state index in [1.165, 1.54) is 0 Å². The lowest BCUT2D eigenvalue weighted by atomic mass is 10.1. The van der Waals surface area contributed by atoms with Gasteiger partial charge in [-0.2, -0.15) is 5.10 Å². The van der Waals surface area contributed by atoms with E-state index in [9.17, 15) is 0 Å². The fourth-order valence-corrected chi connectivity index (χ4v) is 1.03. The molecule has 1 aromatic rings. The second-order valence-electron chi connectivity index (χ2n) is 2.62. The Labute approximate surface area is 78.7 Å². The Morgan fingerprint density at radius 3 is 2.77 bits per heavy atom. The van der Waals surface area contributed by atoms with Crippen molar-refractivity contribution >= 4 is 5.57 Å². The van der Waals surface area contributed by atoms with E-state index >= 15 is 0 Å². The number of aromatic nitrogens is 2. The number of hydrogen-bond acceptors (Lipinski definition) is 1. The van der Waals surface area contributed by atoms with Crippen molar-refractivity contribution in [2.24, 2.45) is 0 Å². The van der Waals surface area contributed by atoms with Gasteiger partial charge in [-0.3, -0.25) is 5.10 Å². The van der Waals surface area contributed by atoms with E-state index in [2.05, 4.69) is 10.2 Å². The van der Waals surface area contributed by atoms with E-state index in [1.807, 2.05) is 50.3 Å². The highest BCUT2D eigenvalue weighted by molar-refractivity contribution is 5.72. The number of nitrogens with one attached hydrogen (secondary N) is 1. The predicted octanol–water partition coefficient (Wildman–Crippen LogP) is 2.95. The SMILES string of the molecule is C\C=C/C=C(\C=C/C)c1ccn[nH]1. The number of aromatic amines is 1. The fraction of sp³-hybridized carbons (Fsp3) is 0.182. The van der Waals surface area contributed by atoms with Crippen LogP contribution in [0.3, 0.4) is 0 Å². The summed E-state index contributed by atoms with van der Waals surface area (Å²) in [6.45, 7) is 4.00. The Balaban J connectivity index is 2.93. The van der Waals surface area contributed by atoms with Crippen molar-refractivity contribution in [3.8, 4) is 0 Å². The zero-order valence-corrected chi connectivity index (χ0v) is 7.99. The summed E-state index contributed by atoms with van der Waals surface area (Å²) in [6, 6.07) is 1.95. The standard InChI is InChI=1S/C11H14N2/c1-3-5-7-10(6-4-2)11-8-9-12-13-11/h3-9H,1-2H3,(H,12,13)/b5-3-,6-4-,10-7+. The minimum atomic E-state index is 1.04. The maximum atomic E-state index is 3.91. The highest BCUT2D eigenvalue weighted by Crippen LogP contribution is 2.12. The van der Waals surface area contributed by atoms with Gasteiger partial charge in [0.15, 0.2) is 0 Å². The van der Waals surface area contributed by atoms with E-state index in [0.29, 0.717) is 0 Å². The zero-order chi connectivity index (χ0) is 9.52. The predicted molar refractivity (Wildman–Crippen MR) is 56.2 cm³/mol. The van der Waals surface area contributed by atoms with Gasteiger partial charge < -0.3 is 0 Å². The summed E-state index contributed by atoms with van der Waals surface area (Å²) >= 11 is 0. The lowest BCUT2D eigenvalue weighted by Crippen LogP contribution is -1.80. The Morgan fingerprint density at radius 1 is 1.38 bits per heavy atom. The molecule has 0 unspecified atom stereocenters. The van der Waals surface area contributed by atoms with Crippen LogP contribution in [0, 0.1) is 0 Å². The number of H-pyrrole nitrogens is 1. The van der Waals surface area contributed by atoms with Crippen LogP contribution in [0.1, 0.15) is 19.5 Å². The van der Waals surface area contributed by atoms with Crippen LogP contribution >= 0.6 is 0 Å². The minimum Gasteiger partial charge on any atom is -0.278 e. The van der Waals surface area contributed by atoms with Crippen LogP contribution < -0.4 is 0 Å². The molecule has 1 aromatic heterocycles. The molecule has 13 heavy (non-hydrogen) atoms. The van der Waals surface area contributed by atoms with E-state index < -0.39 is 0 Å². The first-order chi connectivity index (χ1) is 6.38. The van der Waals surface area contributed by atoms with Crippen LogP contribution in [0.15, 0.2) is 42.6 Å². The molecule has 0 amide bonds. The summed E-state index contributed by atoms with van der Waals surface area (Å²) < 4.78 is 0. The van der Waals surface area contributed by atoms with E-state index in [-0.39, 0.29) is 0 Å². The van der Waals surface area contributed by atoms with Gasteiger partial charge in [0, 0.05) is 6.20 Å². The van der Waals surface area contributed by atoms with Crippen molar-refractivity contribution in [1.82, 2.24) is 10.2 Å². The summed E-state index contributed by atoms with van der Waals surface area (Å²) in [4.78, 5) is 0. The second kappa shape index (κ2) is 5.14. The molecule has 0 aromatic carbocycles. The van der Waals surface area contributed by atoms with Crippen LogP contribution in [0.4, 0.5) is 0 Å². The third kappa shape index (κ3) is 2.75. The quantitative estimate of drug-likeness (QED) is 0.701. The van der Waals surface area contributed by atoms with Crippen molar-refractivity contribution in [2.75, 3.05) is 0 Å². The summed E-state index contributed by atoms with van der Waals surface area (Å²) in [5.41, 5.74) is 2.18. The van der Waals surface area contributed by atoms with E-state index in [1.54, 1.807) is 6.20 Å². The number of rotatable bonds is 3. The van der Waals surface area contributed by atoms with Crippen molar-refractivity contribution in [3.05, 3.63) is 48.3 Å². The molecule has 0 bridgehead atoms. The van der Waals surface area contributed by atoms with Gasteiger partial charge in [-0.25, -0.2) is 0 Å². The van der Waals surface area contributed by atoms with Gasteiger partial charge in [0.25, 0.3) is 0 Å². The van der Waals surface area contributed by atoms with E-state index in [0.717, 1.165) is 11.3 Å². The normalized spacial score (nSPS) is 13.2. The molecule has 2 heteroatoms. The molecule has 0 aliphatic carbocycles. The first-order valence-electron chi connectivity index (χ1n) is 4.34. The summed E-state index contributed by atoms with van der Waals surface area (Å²) in [5.74, 6) is 0. The Hall–Kier alpha value is -1.57. The largest absolute Gasteiger partial charge is 0.278 e. The molecule has 1 heterocycles. The monoisotopic (exact) mass is 174 g/mol. The molecule has 0 aliphatic heterocycles. The Bertz CT molecular complexity index is 316. The van der Waals surface area contributed by atoms with E-state index in [4.69, 9.17) is 0 Å². The van der Waals surface area contributed by atoms with Gasteiger partial charge in [-0.1, -0.05) is 30.4 Å². The van der Waals surface area contributed by atoms with Crippen LogP contribution in [0.25, 0.3) is 5.57 Å². The summed E-state index contributed by atoms with van der Waals surface area (Å²) in [7, 11) is 0. The van der Waals surface area contributed by atoms with Crippen molar-refractivity contribution in [2.45, 2.75) is 13.8 Å². The summed E-state index contributed by atoms with van der Waals surface area (Å²) in [6.07, 6.45) is 11.9. The zero-order valence-electron chi connectivity index (χ0n) is 7.99. The average Bonchev–Trinajstić information content (AvgIpc) is 2.65. The van der Waals surface area contributed by atoms with Crippen LogP contribution in [0.2, 0.25) is 0 Å². The first-order valence-corrected chi connectivity index (χ1v) is 4.34. The molecule has 1 rings (SSSR count). The molecular weight excluding hydrogens is 160 g/mol. The lowest BCUT2D eigenvalue weighted by molar-refractivity contribution is 1.08. The maximum absolute atomic E-state index is 3.91. The molecule has 68 valence electrons. The molecule has 0 radical (unpaired) electrons. The molecule has 0 fully saturated rings. The van der Waals surface area contributed by atoms with Gasteiger partial charge in [-0.05, 0) is 25.5 Å². The Morgan fingerprint density at radius 2 is 2.23 bits per heavy atom. The van der Waals surface area contributed by atoms with Crippen molar-refractivity contribution in [1.29, 1.82) is 0 Å². The van der Waals surface area contributed by atoms with Gasteiger partial charge in [-0.15, -0.1) is 0 Å². The lowest BCUT2D eigenvalue weighted by Gasteiger charge is -1.95. The summed E-state index contributed by atoms with van der Waals surface area (Å²) in [5, 5.41) is 6.84. The first kappa shape index (κ1) is 9.52. The fourth-order valence-electron chi connectivity index (χ4n) is 1.03. The minimum absolute atomic E-state index is 1.04. The van der Waals surface area contributed by atoms with Gasteiger partial charge >= 0.3 is 0 Å². The molecule has 0 saturated carbocycles. The van der Waals surface area contributed by atoms with Gasteiger partial charge in [0.2, 0.25) is 0 Å². The molecule has 0 spiro atoms. The maximum Gasteiger partial charge on any atom is 0.0649 e. The Kier molecular flexibility index (Phi) is 3.76. The van der Waals surface area contributed by atoms with Gasteiger partial charge in [0.1, 0.15) is 0 Å². The third-order valence-corrected chi connectivity index (χ3v) is 1.63. The molecule has 1 N–H and O–H groups in total. The smallest absolute Gasteiger partial charge is 0.0649 e. The molecule has 0 atom stereocenters. The van der Waals surface area contributed by atoms with Crippen LogP contribution in [-0.2, 0) is 0 Å². The third-order valence-electron chi connectivity index (χ3n) is 1.63. The van der Waals surface area contributed by atoms with Crippen LogP contribution in [-0.4, -0.2) is 10.2 Å². The molecule has 0 aliphatic rings. The molecule has 0 saturated heterocycles. The second-order valence-corrected chi connectivity index (χ2v) is 2.62. The topological polar surface area (TPSA) is 28.7 Å². The molecule has 2 nitrogen and oxygen atoms in total. The van der Waals surface area contributed by atoms with Gasteiger partial charge in [0.05, 0.1) is 5.69 Å². The van der Waals surface area contributed by atoms with Crippen molar-refractivity contribution < 1.29 is 0 Å². The number of hydrogen-bond donors (Lipinski definition) is 1. The van der Waals surface area contributed by atoms with Crippen molar-refractivity contribution in [3.63, 3.8) is 0 Å². The average molecular weight is 174 g/mol. The molecular formula is C11H14N2. The highest BCUT2D eigenvalue weighted by atomic mass is 15.1.